The third kappa shape index (κ3) is 2.03. The zero-order chi connectivity index (χ0) is 12.0. The molecule has 1 aliphatic heterocycles. The van der Waals surface area contributed by atoms with Crippen molar-refractivity contribution in [3.05, 3.63) is 34.3 Å². The van der Waals surface area contributed by atoms with Crippen molar-refractivity contribution >= 4 is 11.6 Å². The zero-order valence-electron chi connectivity index (χ0n) is 8.11. The van der Waals surface area contributed by atoms with E-state index in [0.717, 1.165) is 12.1 Å². The molecule has 0 bridgehead atoms. The molecule has 0 unspecified atom stereocenters. The topological polar surface area (TPSA) is 32.3 Å². The van der Waals surface area contributed by atoms with Gasteiger partial charge in [-0.2, -0.15) is 13.2 Å². The number of halogens is 4. The molecule has 1 heterocycles. The number of hydrogen-bond donors (Lipinski definition) is 2. The van der Waals surface area contributed by atoms with Gasteiger partial charge >= 0.3 is 6.18 Å². The Balaban J connectivity index is 2.44. The summed E-state index contributed by atoms with van der Waals surface area (Å²) in [6, 6.07) is 3.14. The largest absolute Gasteiger partial charge is 0.416 e. The van der Waals surface area contributed by atoms with Crippen molar-refractivity contribution in [3.63, 3.8) is 0 Å². The van der Waals surface area contributed by atoms with Crippen LogP contribution >= 0.6 is 11.6 Å². The van der Waals surface area contributed by atoms with Crippen molar-refractivity contribution in [2.75, 3.05) is 13.1 Å². The fourth-order valence-electron chi connectivity index (χ4n) is 1.59. The molecule has 1 aromatic rings. The maximum atomic E-state index is 12.5. The van der Waals surface area contributed by atoms with Gasteiger partial charge in [-0.05, 0) is 23.8 Å². The molecule has 2 rings (SSSR count). The number of aliphatic hydroxyl groups is 1. The third-order valence-electron chi connectivity index (χ3n) is 2.60. The van der Waals surface area contributed by atoms with Gasteiger partial charge in [-0.15, -0.1) is 0 Å². The Morgan fingerprint density at radius 2 is 1.88 bits per heavy atom. The van der Waals surface area contributed by atoms with E-state index in [4.69, 9.17) is 11.6 Å². The lowest BCUT2D eigenvalue weighted by Gasteiger charge is -2.38. The van der Waals surface area contributed by atoms with Crippen LogP contribution in [0.15, 0.2) is 18.2 Å². The van der Waals surface area contributed by atoms with Crippen molar-refractivity contribution < 1.29 is 18.3 Å². The monoisotopic (exact) mass is 251 g/mol. The van der Waals surface area contributed by atoms with Gasteiger partial charge in [-0.1, -0.05) is 11.6 Å². The highest BCUT2D eigenvalue weighted by atomic mass is 35.5. The molecule has 0 saturated carbocycles. The summed E-state index contributed by atoms with van der Waals surface area (Å²) in [6.07, 6.45) is -4.45. The van der Waals surface area contributed by atoms with E-state index in [1.807, 2.05) is 0 Å². The van der Waals surface area contributed by atoms with Gasteiger partial charge in [0.25, 0.3) is 0 Å². The minimum Gasteiger partial charge on any atom is -0.382 e. The van der Waals surface area contributed by atoms with E-state index in [2.05, 4.69) is 5.32 Å². The number of nitrogens with one attached hydrogen (secondary N) is 1. The normalized spacial score (nSPS) is 19.3. The molecule has 1 aromatic carbocycles. The van der Waals surface area contributed by atoms with Crippen molar-refractivity contribution in [2.45, 2.75) is 11.8 Å². The SMILES string of the molecule is OC1(c2cc(Cl)cc(C(F)(F)F)c2)CNC1. The Kier molecular flexibility index (Phi) is 2.64. The van der Waals surface area contributed by atoms with Crippen LogP contribution in [0, 0.1) is 0 Å². The van der Waals surface area contributed by atoms with Crippen LogP contribution in [-0.2, 0) is 11.8 Å². The van der Waals surface area contributed by atoms with E-state index >= 15 is 0 Å². The van der Waals surface area contributed by atoms with Gasteiger partial charge in [0.15, 0.2) is 0 Å². The summed E-state index contributed by atoms with van der Waals surface area (Å²) in [5.74, 6) is 0. The quantitative estimate of drug-likeness (QED) is 0.802. The van der Waals surface area contributed by atoms with Crippen LogP contribution in [0.2, 0.25) is 5.02 Å². The van der Waals surface area contributed by atoms with Crippen LogP contribution in [-0.4, -0.2) is 18.2 Å². The molecular formula is C10H9ClF3NO. The summed E-state index contributed by atoms with van der Waals surface area (Å²) in [4.78, 5) is 0. The molecule has 0 amide bonds. The number of rotatable bonds is 1. The summed E-state index contributed by atoms with van der Waals surface area (Å²) in [6.45, 7) is 0.481. The van der Waals surface area contributed by atoms with E-state index in [9.17, 15) is 18.3 Å². The predicted octanol–water partition coefficient (Wildman–Crippen LogP) is 2.15. The molecule has 0 aromatic heterocycles. The Morgan fingerprint density at radius 1 is 1.25 bits per heavy atom. The van der Waals surface area contributed by atoms with E-state index in [0.29, 0.717) is 0 Å². The van der Waals surface area contributed by atoms with Gasteiger partial charge in [-0.25, -0.2) is 0 Å². The van der Waals surface area contributed by atoms with E-state index in [-0.39, 0.29) is 23.7 Å². The summed E-state index contributed by atoms with van der Waals surface area (Å²) in [5.41, 5.74) is -1.87. The van der Waals surface area contributed by atoms with Gasteiger partial charge in [0.2, 0.25) is 0 Å². The maximum Gasteiger partial charge on any atom is 0.416 e. The maximum absolute atomic E-state index is 12.5. The second-order valence-electron chi connectivity index (χ2n) is 3.86. The molecule has 0 radical (unpaired) electrons. The first kappa shape index (κ1) is 11.7. The summed E-state index contributed by atoms with van der Waals surface area (Å²) in [5, 5.41) is 12.7. The van der Waals surface area contributed by atoms with E-state index in [1.165, 1.54) is 6.07 Å². The predicted molar refractivity (Wildman–Crippen MR) is 53.2 cm³/mol. The molecule has 0 spiro atoms. The average molecular weight is 252 g/mol. The number of hydrogen-bond acceptors (Lipinski definition) is 2. The van der Waals surface area contributed by atoms with Gasteiger partial charge in [0.05, 0.1) is 5.56 Å². The Bertz CT molecular complexity index is 415. The molecular weight excluding hydrogens is 243 g/mol. The van der Waals surface area contributed by atoms with Crippen molar-refractivity contribution in [1.82, 2.24) is 5.32 Å². The minimum absolute atomic E-state index is 0.0230. The lowest BCUT2D eigenvalue weighted by molar-refractivity contribution is -0.137. The van der Waals surface area contributed by atoms with E-state index < -0.39 is 17.3 Å². The van der Waals surface area contributed by atoms with E-state index in [1.54, 1.807) is 0 Å². The molecule has 1 fully saturated rings. The van der Waals surface area contributed by atoms with Crippen molar-refractivity contribution in [2.24, 2.45) is 0 Å². The van der Waals surface area contributed by atoms with Crippen LogP contribution in [0.1, 0.15) is 11.1 Å². The molecule has 1 saturated heterocycles. The molecule has 88 valence electrons. The second-order valence-corrected chi connectivity index (χ2v) is 4.30. The fourth-order valence-corrected chi connectivity index (χ4v) is 1.82. The second kappa shape index (κ2) is 3.61. The summed E-state index contributed by atoms with van der Waals surface area (Å²) in [7, 11) is 0. The lowest BCUT2D eigenvalue weighted by atomic mass is 9.87. The van der Waals surface area contributed by atoms with Gasteiger partial charge in [-0.3, -0.25) is 0 Å². The van der Waals surface area contributed by atoms with Crippen LogP contribution < -0.4 is 5.32 Å². The standard InChI is InChI=1S/C10H9ClF3NO/c11-8-2-6(9(16)4-15-5-9)1-7(3-8)10(12,13)14/h1-3,15-16H,4-5H2. The highest BCUT2D eigenvalue weighted by Gasteiger charge is 2.39. The van der Waals surface area contributed by atoms with Crippen LogP contribution in [0.5, 0.6) is 0 Å². The highest BCUT2D eigenvalue weighted by Crippen LogP contribution is 2.35. The highest BCUT2D eigenvalue weighted by molar-refractivity contribution is 6.30. The smallest absolute Gasteiger partial charge is 0.382 e. The number of β-amino-alcohol motifs (C(OH)–C–C–N with tert-alkyl or cyclic N) is 1. The Hall–Kier alpha value is -0.780. The molecule has 0 aliphatic carbocycles. The van der Waals surface area contributed by atoms with Crippen LogP contribution in [0.4, 0.5) is 13.2 Å². The first-order chi connectivity index (χ1) is 7.31. The summed E-state index contributed by atoms with van der Waals surface area (Å²) >= 11 is 5.61. The number of alkyl halides is 3. The van der Waals surface area contributed by atoms with Gasteiger partial charge in [0.1, 0.15) is 5.60 Å². The molecule has 2 N–H and O–H groups in total. The van der Waals surface area contributed by atoms with Crippen molar-refractivity contribution in [3.8, 4) is 0 Å². The fraction of sp³-hybridized carbons (Fsp3) is 0.400. The molecule has 1 aliphatic rings. The van der Waals surface area contributed by atoms with Crippen LogP contribution in [0.3, 0.4) is 0 Å². The zero-order valence-corrected chi connectivity index (χ0v) is 8.86. The number of benzene rings is 1. The molecule has 16 heavy (non-hydrogen) atoms. The Labute approximate surface area is 95.0 Å². The first-order valence-electron chi connectivity index (χ1n) is 4.63. The van der Waals surface area contributed by atoms with Gasteiger partial charge < -0.3 is 10.4 Å². The van der Waals surface area contributed by atoms with Gasteiger partial charge in [0, 0.05) is 18.1 Å². The minimum atomic E-state index is -4.45. The van der Waals surface area contributed by atoms with Crippen molar-refractivity contribution in [1.29, 1.82) is 0 Å². The molecule has 6 heteroatoms. The lowest BCUT2D eigenvalue weighted by Crippen LogP contribution is -2.56. The summed E-state index contributed by atoms with van der Waals surface area (Å²) < 4.78 is 37.5. The molecule has 2 nitrogen and oxygen atoms in total. The van der Waals surface area contributed by atoms with Crippen LogP contribution in [0.25, 0.3) is 0 Å². The average Bonchev–Trinajstić information content (AvgIpc) is 2.11. The Morgan fingerprint density at radius 3 is 2.31 bits per heavy atom. The first-order valence-corrected chi connectivity index (χ1v) is 5.00. The third-order valence-corrected chi connectivity index (χ3v) is 2.82. The molecule has 0 atom stereocenters.